The average molecular weight is 372 g/mol. The van der Waals surface area contributed by atoms with E-state index in [-0.39, 0.29) is 10.6 Å². The van der Waals surface area contributed by atoms with Gasteiger partial charge in [-0.3, -0.25) is 4.79 Å². The molecule has 1 N–H and O–H groups in total. The molecule has 1 heterocycles. The molecule has 134 valence electrons. The number of esters is 1. The van der Waals surface area contributed by atoms with Crippen molar-refractivity contribution in [3.8, 4) is 0 Å². The van der Waals surface area contributed by atoms with Crippen molar-refractivity contribution >= 4 is 28.9 Å². The largest absolute Gasteiger partial charge is 0.448 e. The molecule has 5 nitrogen and oxygen atoms in total. The zero-order valence-corrected chi connectivity index (χ0v) is 14.4. The first-order valence-corrected chi connectivity index (χ1v) is 8.02. The van der Waals surface area contributed by atoms with E-state index in [2.05, 4.69) is 10.3 Å². The van der Waals surface area contributed by atoms with Crippen molar-refractivity contribution in [2.24, 2.45) is 0 Å². The molecule has 25 heavy (non-hydrogen) atoms. The summed E-state index contributed by atoms with van der Waals surface area (Å²) < 4.78 is 43.1. The topological polar surface area (TPSA) is 68.3 Å². The number of aromatic nitrogens is 1. The van der Waals surface area contributed by atoms with Gasteiger partial charge in [-0.05, 0) is 39.0 Å². The van der Waals surface area contributed by atoms with Crippen molar-refractivity contribution in [1.29, 1.82) is 0 Å². The first-order valence-electron chi connectivity index (χ1n) is 7.21. The van der Waals surface area contributed by atoms with Crippen molar-refractivity contribution in [3.05, 3.63) is 45.4 Å². The highest BCUT2D eigenvalue weighted by Crippen LogP contribution is 2.30. The number of hydrogen-bond donors (Lipinski definition) is 1. The quantitative estimate of drug-likeness (QED) is 0.825. The van der Waals surface area contributed by atoms with Gasteiger partial charge < -0.3 is 10.1 Å². The van der Waals surface area contributed by atoms with Crippen LogP contribution in [0.2, 0.25) is 0 Å². The smallest absolute Gasteiger partial charge is 0.416 e. The fourth-order valence-corrected chi connectivity index (χ4v) is 2.81. The van der Waals surface area contributed by atoms with E-state index in [4.69, 9.17) is 4.74 Å². The number of carbonyl (C=O) groups excluding carboxylic acids is 2. The Balaban J connectivity index is 2.03. The van der Waals surface area contributed by atoms with Crippen LogP contribution >= 0.6 is 11.3 Å². The van der Waals surface area contributed by atoms with Crippen LogP contribution in [-0.2, 0) is 15.7 Å². The zero-order chi connectivity index (χ0) is 18.8. The molecular formula is C16H15F3N2O3S. The minimum absolute atomic E-state index is 0.0347. The van der Waals surface area contributed by atoms with Crippen LogP contribution in [0.15, 0.2) is 24.3 Å². The summed E-state index contributed by atoms with van der Waals surface area (Å²) in [7, 11) is 0. The second-order valence-electron chi connectivity index (χ2n) is 5.26. The molecule has 2 rings (SSSR count). The SMILES string of the molecule is Cc1nc(C)c(C(=O)OC(C)C(=O)Nc2cccc(C(F)(F)F)c2)s1. The highest BCUT2D eigenvalue weighted by Gasteiger charge is 2.30. The van der Waals surface area contributed by atoms with Gasteiger partial charge in [-0.1, -0.05) is 6.07 Å². The number of ether oxygens (including phenoxy) is 1. The van der Waals surface area contributed by atoms with E-state index in [1.54, 1.807) is 13.8 Å². The molecule has 0 aliphatic heterocycles. The van der Waals surface area contributed by atoms with Crippen LogP contribution in [-0.4, -0.2) is 23.0 Å². The maximum atomic E-state index is 12.7. The lowest BCUT2D eigenvalue weighted by Crippen LogP contribution is -2.30. The van der Waals surface area contributed by atoms with E-state index in [0.29, 0.717) is 10.7 Å². The van der Waals surface area contributed by atoms with Crippen LogP contribution in [0.25, 0.3) is 0 Å². The fraction of sp³-hybridized carbons (Fsp3) is 0.312. The van der Waals surface area contributed by atoms with Gasteiger partial charge in [-0.2, -0.15) is 13.2 Å². The minimum atomic E-state index is -4.51. The Hall–Kier alpha value is -2.42. The maximum Gasteiger partial charge on any atom is 0.416 e. The van der Waals surface area contributed by atoms with Gasteiger partial charge in [0.2, 0.25) is 0 Å². The number of halogens is 3. The fourth-order valence-electron chi connectivity index (χ4n) is 2.01. The summed E-state index contributed by atoms with van der Waals surface area (Å²) in [5.41, 5.74) is -0.420. The minimum Gasteiger partial charge on any atom is -0.448 e. The van der Waals surface area contributed by atoms with Gasteiger partial charge in [0.1, 0.15) is 4.88 Å². The van der Waals surface area contributed by atoms with Crippen LogP contribution in [0.3, 0.4) is 0 Å². The van der Waals surface area contributed by atoms with Crippen molar-refractivity contribution in [1.82, 2.24) is 4.98 Å². The molecule has 0 radical (unpaired) electrons. The van der Waals surface area contributed by atoms with Gasteiger partial charge in [0.05, 0.1) is 16.3 Å². The van der Waals surface area contributed by atoms with Gasteiger partial charge in [0, 0.05) is 5.69 Å². The molecule has 0 aliphatic carbocycles. The van der Waals surface area contributed by atoms with Crippen LogP contribution in [0.5, 0.6) is 0 Å². The highest BCUT2D eigenvalue weighted by atomic mass is 32.1. The Bertz CT molecular complexity index is 802. The first-order chi connectivity index (χ1) is 11.6. The second kappa shape index (κ2) is 7.22. The molecule has 1 atom stereocenters. The molecule has 0 spiro atoms. The number of alkyl halides is 3. The number of benzene rings is 1. The van der Waals surface area contributed by atoms with E-state index >= 15 is 0 Å². The van der Waals surface area contributed by atoms with Crippen LogP contribution < -0.4 is 5.32 Å². The maximum absolute atomic E-state index is 12.7. The summed E-state index contributed by atoms with van der Waals surface area (Å²) in [6.07, 6.45) is -5.69. The summed E-state index contributed by atoms with van der Waals surface area (Å²) in [5.74, 6) is -1.43. The standard InChI is InChI=1S/C16H15F3N2O3S/c1-8-13(25-10(3)20-8)15(23)24-9(2)14(22)21-12-6-4-5-11(7-12)16(17,18)19/h4-7,9H,1-3H3,(H,21,22). The Morgan fingerprint density at radius 1 is 1.28 bits per heavy atom. The van der Waals surface area contributed by atoms with E-state index in [0.717, 1.165) is 23.5 Å². The molecule has 1 aromatic carbocycles. The second-order valence-corrected chi connectivity index (χ2v) is 6.47. The number of thiazole rings is 1. The van der Waals surface area contributed by atoms with Gasteiger partial charge in [0.15, 0.2) is 6.10 Å². The lowest BCUT2D eigenvalue weighted by atomic mass is 10.2. The van der Waals surface area contributed by atoms with Gasteiger partial charge in [-0.15, -0.1) is 11.3 Å². The predicted octanol–water partition coefficient (Wildman–Crippen LogP) is 3.96. The lowest BCUT2D eigenvalue weighted by Gasteiger charge is -2.14. The summed E-state index contributed by atoms with van der Waals surface area (Å²) in [6.45, 7) is 4.72. The van der Waals surface area contributed by atoms with E-state index in [1.807, 2.05) is 0 Å². The first kappa shape index (κ1) is 18.9. The zero-order valence-electron chi connectivity index (χ0n) is 13.6. The van der Waals surface area contributed by atoms with E-state index < -0.39 is 29.7 Å². The van der Waals surface area contributed by atoms with Crippen molar-refractivity contribution in [2.75, 3.05) is 5.32 Å². The van der Waals surface area contributed by atoms with Crippen LogP contribution in [0, 0.1) is 13.8 Å². The monoisotopic (exact) mass is 372 g/mol. The van der Waals surface area contributed by atoms with Gasteiger partial charge in [-0.25, -0.2) is 9.78 Å². The number of amides is 1. The van der Waals surface area contributed by atoms with Crippen LogP contribution in [0.4, 0.5) is 18.9 Å². The number of aryl methyl sites for hydroxylation is 2. The predicted molar refractivity (Wildman–Crippen MR) is 86.5 cm³/mol. The number of hydrogen-bond acceptors (Lipinski definition) is 5. The van der Waals surface area contributed by atoms with E-state index in [9.17, 15) is 22.8 Å². The number of nitrogens with one attached hydrogen (secondary N) is 1. The molecule has 0 saturated heterocycles. The average Bonchev–Trinajstić information content (AvgIpc) is 2.85. The Labute approximate surface area is 145 Å². The van der Waals surface area contributed by atoms with Crippen molar-refractivity contribution in [3.63, 3.8) is 0 Å². The third-order valence-electron chi connectivity index (χ3n) is 3.20. The molecular weight excluding hydrogens is 357 g/mol. The normalized spacial score (nSPS) is 12.6. The Kier molecular flexibility index (Phi) is 5.46. The third kappa shape index (κ3) is 4.79. The Morgan fingerprint density at radius 2 is 1.96 bits per heavy atom. The highest BCUT2D eigenvalue weighted by molar-refractivity contribution is 7.13. The van der Waals surface area contributed by atoms with Gasteiger partial charge in [0.25, 0.3) is 5.91 Å². The van der Waals surface area contributed by atoms with Gasteiger partial charge >= 0.3 is 12.1 Å². The summed E-state index contributed by atoms with van der Waals surface area (Å²) >= 11 is 1.14. The number of rotatable bonds is 4. The van der Waals surface area contributed by atoms with E-state index in [1.165, 1.54) is 19.1 Å². The Morgan fingerprint density at radius 3 is 2.52 bits per heavy atom. The van der Waals surface area contributed by atoms with Crippen molar-refractivity contribution < 1.29 is 27.5 Å². The molecule has 2 aromatic rings. The summed E-state index contributed by atoms with van der Waals surface area (Å²) in [5, 5.41) is 2.99. The molecule has 9 heteroatoms. The summed E-state index contributed by atoms with van der Waals surface area (Å²) in [6, 6.07) is 4.20. The number of nitrogens with zero attached hydrogens (tertiary/aromatic N) is 1. The molecule has 1 unspecified atom stereocenters. The molecule has 0 saturated carbocycles. The third-order valence-corrected chi connectivity index (χ3v) is 4.25. The molecule has 1 aromatic heterocycles. The molecule has 0 bridgehead atoms. The molecule has 1 amide bonds. The molecule has 0 fully saturated rings. The number of anilines is 1. The van der Waals surface area contributed by atoms with Crippen molar-refractivity contribution in [2.45, 2.75) is 33.1 Å². The number of carbonyl (C=O) groups is 2. The molecule has 0 aliphatic rings. The summed E-state index contributed by atoms with van der Waals surface area (Å²) in [4.78, 5) is 28.5. The lowest BCUT2D eigenvalue weighted by molar-refractivity contribution is -0.137. The van der Waals surface area contributed by atoms with Crippen LogP contribution in [0.1, 0.15) is 32.9 Å².